The third-order valence-electron chi connectivity index (χ3n) is 7.36. The summed E-state index contributed by atoms with van der Waals surface area (Å²) in [4.78, 5) is 4.87. The molecule has 0 aromatic carbocycles. The Balaban J connectivity index is 2.45. The van der Waals surface area contributed by atoms with E-state index in [1.807, 2.05) is 12.3 Å². The van der Waals surface area contributed by atoms with E-state index >= 15 is 4.39 Å². The van der Waals surface area contributed by atoms with Crippen LogP contribution in [-0.4, -0.2) is 4.98 Å². The van der Waals surface area contributed by atoms with Crippen LogP contribution in [-0.2, 0) is 0 Å². The van der Waals surface area contributed by atoms with Gasteiger partial charge in [-0.05, 0) is 74.3 Å². The maximum absolute atomic E-state index is 15.4. The van der Waals surface area contributed by atoms with Crippen molar-refractivity contribution < 1.29 is 4.39 Å². The zero-order valence-electron chi connectivity index (χ0n) is 19.4. The van der Waals surface area contributed by atoms with Gasteiger partial charge in [-0.1, -0.05) is 57.9 Å². The first-order valence-electron chi connectivity index (χ1n) is 11.0. The monoisotopic (exact) mass is 393 g/mol. The molecule has 2 unspecified atom stereocenters. The van der Waals surface area contributed by atoms with Crippen molar-refractivity contribution in [3.63, 3.8) is 0 Å². The minimum atomic E-state index is -0.363. The van der Waals surface area contributed by atoms with Gasteiger partial charge in [-0.3, -0.25) is 4.98 Å². The Bertz CT molecular complexity index is 1030. The SMILES string of the molecule is CCC=CC(C)(CC)C1CC=C(F)C2=C1c1nccc(=C(C)C)c1=C(C)C2(C)C. The van der Waals surface area contributed by atoms with Crippen LogP contribution in [0.15, 0.2) is 41.9 Å². The van der Waals surface area contributed by atoms with E-state index < -0.39 is 0 Å². The van der Waals surface area contributed by atoms with E-state index in [4.69, 9.17) is 4.98 Å². The van der Waals surface area contributed by atoms with Crippen molar-refractivity contribution in [2.45, 2.75) is 74.7 Å². The molecule has 0 spiro atoms. The van der Waals surface area contributed by atoms with Gasteiger partial charge in [-0.25, -0.2) is 4.39 Å². The summed E-state index contributed by atoms with van der Waals surface area (Å²) in [6, 6.07) is 2.11. The number of nitrogens with zero attached hydrogens (tertiary/aromatic N) is 1. The first-order valence-corrected chi connectivity index (χ1v) is 11.0. The van der Waals surface area contributed by atoms with Crippen molar-refractivity contribution in [1.29, 1.82) is 0 Å². The van der Waals surface area contributed by atoms with Gasteiger partial charge in [-0.2, -0.15) is 0 Å². The quantitative estimate of drug-likeness (QED) is 0.533. The lowest BCUT2D eigenvalue weighted by Crippen LogP contribution is -2.43. The second kappa shape index (κ2) is 7.70. The highest BCUT2D eigenvalue weighted by atomic mass is 19.1. The van der Waals surface area contributed by atoms with E-state index in [0.29, 0.717) is 0 Å². The number of hydrogen-bond acceptors (Lipinski definition) is 1. The van der Waals surface area contributed by atoms with E-state index in [0.717, 1.165) is 36.1 Å². The Kier molecular flexibility index (Phi) is 5.77. The van der Waals surface area contributed by atoms with E-state index in [-0.39, 0.29) is 22.6 Å². The largest absolute Gasteiger partial charge is 0.256 e. The molecule has 0 amide bonds. The van der Waals surface area contributed by atoms with Crippen LogP contribution in [0.2, 0.25) is 0 Å². The molecule has 2 heteroatoms. The molecule has 2 aliphatic rings. The lowest BCUT2D eigenvalue weighted by molar-refractivity contribution is 0.297. The standard InChI is InChI=1S/C27H36FN/c1-9-11-15-27(8,10-2)20-12-13-21(28)24-23(20)25-22(18(5)26(24,6)7)19(17(3)4)14-16-29-25/h11,13-16,20H,9-10,12H2,1-8H3. The smallest absolute Gasteiger partial charge is 0.123 e. The minimum absolute atomic E-state index is 0.0327. The number of pyridine rings is 1. The van der Waals surface area contributed by atoms with Gasteiger partial charge in [-0.15, -0.1) is 0 Å². The highest BCUT2D eigenvalue weighted by molar-refractivity contribution is 5.83. The highest BCUT2D eigenvalue weighted by Gasteiger charge is 2.45. The van der Waals surface area contributed by atoms with Gasteiger partial charge in [0.1, 0.15) is 5.83 Å². The predicted octanol–water partition coefficient (Wildman–Crippen LogP) is 6.49. The van der Waals surface area contributed by atoms with Crippen LogP contribution in [0.1, 0.15) is 80.3 Å². The summed E-state index contributed by atoms with van der Waals surface area (Å²) in [6.07, 6.45) is 11.1. The first-order chi connectivity index (χ1) is 13.6. The summed E-state index contributed by atoms with van der Waals surface area (Å²) in [5.74, 6) is 0.157. The van der Waals surface area contributed by atoms with Gasteiger partial charge < -0.3 is 0 Å². The van der Waals surface area contributed by atoms with Crippen molar-refractivity contribution in [3.05, 3.63) is 58.0 Å². The molecular formula is C27H36FN. The lowest BCUT2D eigenvalue weighted by atomic mass is 9.60. The molecule has 1 heterocycles. The average molecular weight is 394 g/mol. The Hall–Kier alpha value is -1.96. The fourth-order valence-electron chi connectivity index (χ4n) is 5.09. The van der Waals surface area contributed by atoms with Crippen LogP contribution < -0.4 is 10.4 Å². The predicted molar refractivity (Wildman–Crippen MR) is 123 cm³/mol. The molecule has 0 saturated carbocycles. The van der Waals surface area contributed by atoms with Crippen molar-refractivity contribution >= 4 is 16.7 Å². The third-order valence-corrected chi connectivity index (χ3v) is 7.36. The second-order valence-electron chi connectivity index (χ2n) is 9.63. The van der Waals surface area contributed by atoms with Gasteiger partial charge in [0, 0.05) is 22.4 Å². The molecule has 0 N–H and O–H groups in total. The van der Waals surface area contributed by atoms with Crippen LogP contribution >= 0.6 is 0 Å². The molecule has 0 radical (unpaired) electrons. The van der Waals surface area contributed by atoms with Gasteiger partial charge in [0.15, 0.2) is 0 Å². The summed E-state index contributed by atoms with van der Waals surface area (Å²) >= 11 is 0. The van der Waals surface area contributed by atoms with Crippen LogP contribution in [0, 0.1) is 16.7 Å². The molecule has 1 aromatic heterocycles. The topological polar surface area (TPSA) is 12.9 Å². The van der Waals surface area contributed by atoms with Crippen LogP contribution in [0.4, 0.5) is 4.39 Å². The Morgan fingerprint density at radius 1 is 1.31 bits per heavy atom. The molecule has 3 rings (SSSR count). The molecule has 156 valence electrons. The number of hydrogen-bond donors (Lipinski definition) is 0. The van der Waals surface area contributed by atoms with Crippen LogP contribution in [0.25, 0.3) is 16.7 Å². The molecule has 0 saturated heterocycles. The van der Waals surface area contributed by atoms with Crippen molar-refractivity contribution in [3.8, 4) is 0 Å². The van der Waals surface area contributed by atoms with Gasteiger partial charge in [0.25, 0.3) is 0 Å². The van der Waals surface area contributed by atoms with E-state index in [9.17, 15) is 0 Å². The number of aromatic nitrogens is 1. The number of halogens is 1. The third kappa shape index (κ3) is 3.35. The van der Waals surface area contributed by atoms with Crippen molar-refractivity contribution in [2.75, 3.05) is 0 Å². The fourth-order valence-corrected chi connectivity index (χ4v) is 5.09. The van der Waals surface area contributed by atoms with Gasteiger partial charge in [0.2, 0.25) is 0 Å². The van der Waals surface area contributed by atoms with E-state index in [1.165, 1.54) is 21.6 Å². The van der Waals surface area contributed by atoms with Crippen molar-refractivity contribution in [1.82, 2.24) is 4.98 Å². The van der Waals surface area contributed by atoms with Gasteiger partial charge >= 0.3 is 0 Å². The normalized spacial score (nSPS) is 22.9. The lowest BCUT2D eigenvalue weighted by Gasteiger charge is -2.44. The molecule has 1 nitrogen and oxygen atoms in total. The number of rotatable bonds is 4. The Morgan fingerprint density at radius 3 is 2.59 bits per heavy atom. The second-order valence-corrected chi connectivity index (χ2v) is 9.63. The molecule has 2 atom stereocenters. The summed E-state index contributed by atoms with van der Waals surface area (Å²) in [7, 11) is 0. The average Bonchev–Trinajstić information content (AvgIpc) is 2.69. The molecular weight excluding hydrogens is 357 g/mol. The zero-order valence-corrected chi connectivity index (χ0v) is 19.4. The fraction of sp³-hybridized carbons (Fsp3) is 0.519. The van der Waals surface area contributed by atoms with Crippen LogP contribution in [0.5, 0.6) is 0 Å². The van der Waals surface area contributed by atoms with Crippen molar-refractivity contribution in [2.24, 2.45) is 16.7 Å². The number of fused-ring (bicyclic) bond motifs is 2. The molecule has 0 bridgehead atoms. The summed E-state index contributed by atoms with van der Waals surface area (Å²) in [5.41, 5.74) is 5.06. The van der Waals surface area contributed by atoms with Gasteiger partial charge in [0.05, 0.1) is 5.69 Å². The number of allylic oxidation sites excluding steroid dienone is 6. The Morgan fingerprint density at radius 2 is 2.00 bits per heavy atom. The Labute approximate surface area is 175 Å². The minimum Gasteiger partial charge on any atom is -0.256 e. The highest BCUT2D eigenvalue weighted by Crippen LogP contribution is 2.54. The first kappa shape index (κ1) is 21.7. The maximum Gasteiger partial charge on any atom is 0.123 e. The van der Waals surface area contributed by atoms with E-state index in [2.05, 4.69) is 73.6 Å². The van der Waals surface area contributed by atoms with E-state index in [1.54, 1.807) is 0 Å². The molecule has 0 fully saturated rings. The molecule has 1 aromatic rings. The zero-order chi connectivity index (χ0) is 21.6. The maximum atomic E-state index is 15.4. The summed E-state index contributed by atoms with van der Waals surface area (Å²) in [6.45, 7) is 17.5. The summed E-state index contributed by atoms with van der Waals surface area (Å²) < 4.78 is 15.4. The summed E-state index contributed by atoms with van der Waals surface area (Å²) in [5, 5.41) is 2.46. The molecule has 29 heavy (non-hydrogen) atoms. The van der Waals surface area contributed by atoms with Crippen LogP contribution in [0.3, 0.4) is 0 Å². The molecule has 0 aliphatic heterocycles. The molecule has 2 aliphatic carbocycles.